The fraction of sp³-hybridized carbons (Fsp3) is 0.600. The third kappa shape index (κ3) is 4.84. The van der Waals surface area contributed by atoms with E-state index in [1.54, 1.807) is 12.1 Å². The van der Waals surface area contributed by atoms with Crippen molar-refractivity contribution in [3.63, 3.8) is 0 Å². The molecule has 0 radical (unpaired) electrons. The largest absolute Gasteiger partial charge is 0.375 e. The summed E-state index contributed by atoms with van der Waals surface area (Å²) >= 11 is 0. The number of nitrogens with one attached hydrogen (secondary N) is 1. The Kier molecular flexibility index (Phi) is 6.44. The zero-order valence-electron chi connectivity index (χ0n) is 16.0. The van der Waals surface area contributed by atoms with Crippen LogP contribution in [-0.2, 0) is 14.3 Å². The lowest BCUT2D eigenvalue weighted by atomic mass is 9.86. The lowest BCUT2D eigenvalue weighted by molar-refractivity contribution is -0.136. The normalized spacial score (nSPS) is 24.2. The summed E-state index contributed by atoms with van der Waals surface area (Å²) in [5.41, 5.74) is 0.623. The van der Waals surface area contributed by atoms with Crippen LogP contribution in [0.5, 0.6) is 0 Å². The maximum absolute atomic E-state index is 13.0. The number of carbonyl (C=O) groups excluding carboxylic acids is 2. The molecular weight excluding hydrogens is 349 g/mol. The van der Waals surface area contributed by atoms with E-state index in [2.05, 4.69) is 17.3 Å². The first-order valence-electron chi connectivity index (χ1n) is 9.51. The number of methoxy groups -OCH3 is 1. The van der Waals surface area contributed by atoms with Crippen LogP contribution >= 0.6 is 0 Å². The number of carbonyl (C=O) groups is 2. The van der Waals surface area contributed by atoms with Crippen LogP contribution in [0.3, 0.4) is 0 Å². The lowest BCUT2D eigenvalue weighted by Gasteiger charge is -2.37. The Morgan fingerprint density at radius 1 is 1.22 bits per heavy atom. The van der Waals surface area contributed by atoms with E-state index in [1.165, 1.54) is 19.2 Å². The van der Waals surface area contributed by atoms with Gasteiger partial charge in [0, 0.05) is 38.5 Å². The molecule has 1 aromatic rings. The monoisotopic (exact) mass is 377 g/mol. The van der Waals surface area contributed by atoms with E-state index in [0.29, 0.717) is 17.6 Å². The molecule has 2 amide bonds. The Bertz CT molecular complexity index is 659. The quantitative estimate of drug-likeness (QED) is 0.852. The molecule has 2 aliphatic heterocycles. The standard InChI is InChI=1S/C20H28FN3O3/c1-23-12-15(20(26)22-17-5-3-16(21)4-6-17)11-18(23)14-7-9-24(10-8-14)19(25)13-27-2/h3-6,14-15,18H,7-13H2,1-2H3,(H,22,26)/t15-,18+/m1/s1. The smallest absolute Gasteiger partial charge is 0.248 e. The molecule has 0 spiro atoms. The minimum Gasteiger partial charge on any atom is -0.375 e. The number of benzene rings is 1. The molecule has 1 aromatic carbocycles. The summed E-state index contributed by atoms with van der Waals surface area (Å²) in [7, 11) is 3.60. The topological polar surface area (TPSA) is 61.9 Å². The van der Waals surface area contributed by atoms with Crippen molar-refractivity contribution in [2.75, 3.05) is 45.7 Å². The highest BCUT2D eigenvalue weighted by Gasteiger charge is 2.39. The average molecular weight is 377 g/mol. The Labute approximate surface area is 159 Å². The van der Waals surface area contributed by atoms with Gasteiger partial charge < -0.3 is 19.9 Å². The van der Waals surface area contributed by atoms with Gasteiger partial charge >= 0.3 is 0 Å². The van der Waals surface area contributed by atoms with Gasteiger partial charge in [0.25, 0.3) is 0 Å². The summed E-state index contributed by atoms with van der Waals surface area (Å²) in [6.45, 7) is 2.37. The predicted octanol–water partition coefficient (Wildman–Crippen LogP) is 1.97. The zero-order valence-corrected chi connectivity index (χ0v) is 16.0. The van der Waals surface area contributed by atoms with Gasteiger partial charge in [0.15, 0.2) is 0 Å². The highest BCUT2D eigenvalue weighted by molar-refractivity contribution is 5.92. The third-order valence-corrected chi connectivity index (χ3v) is 5.79. The SMILES string of the molecule is COCC(=O)N1CCC([C@@H]2C[C@@H](C(=O)Nc3ccc(F)cc3)CN2C)CC1. The second kappa shape index (κ2) is 8.80. The van der Waals surface area contributed by atoms with Crippen LogP contribution in [0.15, 0.2) is 24.3 Å². The summed E-state index contributed by atoms with van der Waals surface area (Å²) < 4.78 is 17.9. The van der Waals surface area contributed by atoms with Crippen molar-refractivity contribution >= 4 is 17.5 Å². The summed E-state index contributed by atoms with van der Waals surface area (Å²) in [5, 5.41) is 2.89. The maximum atomic E-state index is 13.0. The Balaban J connectivity index is 1.51. The molecule has 2 aliphatic rings. The van der Waals surface area contributed by atoms with Crippen LogP contribution in [0, 0.1) is 17.7 Å². The highest BCUT2D eigenvalue weighted by Crippen LogP contribution is 2.33. The summed E-state index contributed by atoms with van der Waals surface area (Å²) in [4.78, 5) is 28.7. The van der Waals surface area contributed by atoms with E-state index in [-0.39, 0.29) is 30.2 Å². The van der Waals surface area contributed by atoms with Gasteiger partial charge in [-0.15, -0.1) is 0 Å². The van der Waals surface area contributed by atoms with Crippen LogP contribution in [0.1, 0.15) is 19.3 Å². The Hall–Kier alpha value is -1.99. The number of anilines is 1. The summed E-state index contributed by atoms with van der Waals surface area (Å²) in [6, 6.07) is 6.20. The number of hydrogen-bond donors (Lipinski definition) is 1. The maximum Gasteiger partial charge on any atom is 0.248 e. The van der Waals surface area contributed by atoms with E-state index in [1.807, 2.05) is 4.90 Å². The molecule has 0 aliphatic carbocycles. The molecule has 148 valence electrons. The van der Waals surface area contributed by atoms with Crippen LogP contribution < -0.4 is 5.32 Å². The van der Waals surface area contributed by atoms with Gasteiger partial charge in [0.05, 0.1) is 5.92 Å². The van der Waals surface area contributed by atoms with E-state index in [0.717, 1.165) is 38.9 Å². The minimum atomic E-state index is -0.316. The minimum absolute atomic E-state index is 0.0105. The molecule has 1 N–H and O–H groups in total. The van der Waals surface area contributed by atoms with Gasteiger partial charge in [0.2, 0.25) is 11.8 Å². The fourth-order valence-electron chi connectivity index (χ4n) is 4.30. The van der Waals surface area contributed by atoms with E-state index < -0.39 is 0 Å². The van der Waals surface area contributed by atoms with Crippen LogP contribution in [-0.4, -0.2) is 68.1 Å². The van der Waals surface area contributed by atoms with Gasteiger partial charge in [-0.05, 0) is 56.5 Å². The molecule has 27 heavy (non-hydrogen) atoms. The number of hydrogen-bond acceptors (Lipinski definition) is 4. The molecule has 0 bridgehead atoms. The molecule has 2 saturated heterocycles. The van der Waals surface area contributed by atoms with Gasteiger partial charge in [-0.25, -0.2) is 4.39 Å². The number of piperidine rings is 1. The van der Waals surface area contributed by atoms with E-state index in [9.17, 15) is 14.0 Å². The molecule has 2 fully saturated rings. The third-order valence-electron chi connectivity index (χ3n) is 5.79. The average Bonchev–Trinajstić information content (AvgIpc) is 3.06. The second-order valence-electron chi connectivity index (χ2n) is 7.59. The Morgan fingerprint density at radius 2 is 1.89 bits per heavy atom. The Morgan fingerprint density at radius 3 is 2.52 bits per heavy atom. The van der Waals surface area contributed by atoms with Crippen molar-refractivity contribution < 1.29 is 18.7 Å². The molecule has 6 nitrogen and oxygen atoms in total. The van der Waals surface area contributed by atoms with Crippen molar-refractivity contribution in [3.8, 4) is 0 Å². The van der Waals surface area contributed by atoms with E-state index in [4.69, 9.17) is 4.74 Å². The lowest BCUT2D eigenvalue weighted by Crippen LogP contribution is -2.44. The first-order chi connectivity index (χ1) is 13.0. The molecule has 3 rings (SSSR count). The van der Waals surface area contributed by atoms with Crippen LogP contribution in [0.25, 0.3) is 0 Å². The van der Waals surface area contributed by atoms with E-state index >= 15 is 0 Å². The summed E-state index contributed by atoms with van der Waals surface area (Å²) in [6.07, 6.45) is 2.73. The molecule has 0 unspecified atom stereocenters. The number of amides is 2. The number of likely N-dealkylation sites (tertiary alicyclic amines) is 2. The molecule has 0 aromatic heterocycles. The van der Waals surface area contributed by atoms with Gasteiger partial charge in [-0.1, -0.05) is 0 Å². The zero-order chi connectivity index (χ0) is 19.4. The fourth-order valence-corrected chi connectivity index (χ4v) is 4.30. The molecular formula is C20H28FN3O3. The first kappa shape index (κ1) is 19.8. The number of rotatable bonds is 5. The predicted molar refractivity (Wildman–Crippen MR) is 101 cm³/mol. The van der Waals surface area contributed by atoms with Gasteiger partial charge in [0.1, 0.15) is 12.4 Å². The first-order valence-corrected chi connectivity index (χ1v) is 9.51. The van der Waals surface area contributed by atoms with Crippen molar-refractivity contribution in [2.45, 2.75) is 25.3 Å². The van der Waals surface area contributed by atoms with Crippen molar-refractivity contribution in [2.24, 2.45) is 11.8 Å². The van der Waals surface area contributed by atoms with Gasteiger partial charge in [-0.2, -0.15) is 0 Å². The van der Waals surface area contributed by atoms with Crippen molar-refractivity contribution in [1.82, 2.24) is 9.80 Å². The molecule has 7 heteroatoms. The number of ether oxygens (including phenoxy) is 1. The second-order valence-corrected chi connectivity index (χ2v) is 7.59. The van der Waals surface area contributed by atoms with Crippen LogP contribution in [0.2, 0.25) is 0 Å². The van der Waals surface area contributed by atoms with Gasteiger partial charge in [-0.3, -0.25) is 9.59 Å². The van der Waals surface area contributed by atoms with Crippen LogP contribution in [0.4, 0.5) is 10.1 Å². The van der Waals surface area contributed by atoms with Crippen molar-refractivity contribution in [1.29, 1.82) is 0 Å². The molecule has 2 atom stereocenters. The highest BCUT2D eigenvalue weighted by atomic mass is 19.1. The molecule has 2 heterocycles. The number of halogens is 1. The van der Waals surface area contributed by atoms with Crippen molar-refractivity contribution in [3.05, 3.63) is 30.1 Å². The molecule has 0 saturated carbocycles. The summed E-state index contributed by atoms with van der Waals surface area (Å²) in [5.74, 6) is 0.142. The number of nitrogens with zero attached hydrogens (tertiary/aromatic N) is 2.